The van der Waals surface area contributed by atoms with Crippen LogP contribution in [0.4, 0.5) is 10.5 Å². The van der Waals surface area contributed by atoms with Crippen molar-refractivity contribution in [1.82, 2.24) is 16.0 Å². The second-order valence-electron chi connectivity index (χ2n) is 4.86. The maximum Gasteiger partial charge on any atom is 0.319 e. The summed E-state index contributed by atoms with van der Waals surface area (Å²) in [5, 5.41) is 10.8. The van der Waals surface area contributed by atoms with Crippen molar-refractivity contribution in [3.8, 4) is 0 Å². The molecule has 4 amide bonds. The monoisotopic (exact) mass is 274 g/mol. The lowest BCUT2D eigenvalue weighted by Crippen LogP contribution is -2.37. The first kappa shape index (κ1) is 12.5. The van der Waals surface area contributed by atoms with Gasteiger partial charge in [0.2, 0.25) is 5.91 Å². The minimum absolute atomic E-state index is 0.0564. The van der Waals surface area contributed by atoms with Crippen LogP contribution in [-0.4, -0.2) is 30.4 Å². The van der Waals surface area contributed by atoms with E-state index in [1.807, 2.05) is 0 Å². The predicted octanol–water partition coefficient (Wildman–Crippen LogP) is -0.0600. The molecule has 3 rings (SSSR count). The highest BCUT2D eigenvalue weighted by Gasteiger charge is 2.24. The molecule has 0 spiro atoms. The highest BCUT2D eigenvalue weighted by atomic mass is 16.2. The summed E-state index contributed by atoms with van der Waals surface area (Å²) in [6.07, 6.45) is 0.303. The molecule has 0 aliphatic carbocycles. The van der Waals surface area contributed by atoms with Crippen molar-refractivity contribution in [2.45, 2.75) is 19.0 Å². The Morgan fingerprint density at radius 3 is 2.85 bits per heavy atom. The average molecular weight is 274 g/mol. The number of anilines is 1. The minimum atomic E-state index is -0.277. The normalized spacial score (nSPS) is 20.5. The number of carbonyl (C=O) groups excluding carboxylic acids is 3. The van der Waals surface area contributed by atoms with Crippen LogP contribution in [0.1, 0.15) is 22.3 Å². The third-order valence-electron chi connectivity index (χ3n) is 3.37. The number of hydrogen-bond donors (Lipinski definition) is 4. The van der Waals surface area contributed by atoms with Crippen LogP contribution in [0.2, 0.25) is 0 Å². The molecule has 0 radical (unpaired) electrons. The number of fused-ring (bicyclic) bond motifs is 1. The zero-order valence-corrected chi connectivity index (χ0v) is 10.7. The molecule has 0 saturated carbocycles. The van der Waals surface area contributed by atoms with Gasteiger partial charge in [-0.15, -0.1) is 0 Å². The molecule has 1 aromatic rings. The van der Waals surface area contributed by atoms with Crippen LogP contribution in [0.5, 0.6) is 0 Å². The van der Waals surface area contributed by atoms with Crippen LogP contribution in [0, 0.1) is 0 Å². The van der Waals surface area contributed by atoms with E-state index in [4.69, 9.17) is 0 Å². The van der Waals surface area contributed by atoms with E-state index in [2.05, 4.69) is 21.3 Å². The summed E-state index contributed by atoms with van der Waals surface area (Å²) in [6.45, 7) is 0.903. The summed E-state index contributed by atoms with van der Waals surface area (Å²) >= 11 is 0. The molecule has 2 aliphatic rings. The van der Waals surface area contributed by atoms with Gasteiger partial charge in [-0.1, -0.05) is 6.07 Å². The summed E-state index contributed by atoms with van der Waals surface area (Å²) < 4.78 is 0. The van der Waals surface area contributed by atoms with Crippen molar-refractivity contribution in [2.24, 2.45) is 0 Å². The third-order valence-corrected chi connectivity index (χ3v) is 3.37. The molecule has 1 saturated heterocycles. The molecule has 1 fully saturated rings. The minimum Gasteiger partial charge on any atom is -0.354 e. The van der Waals surface area contributed by atoms with Crippen LogP contribution in [-0.2, 0) is 11.3 Å². The van der Waals surface area contributed by atoms with Gasteiger partial charge in [0, 0.05) is 30.8 Å². The highest BCUT2D eigenvalue weighted by molar-refractivity contribution is 5.98. The molecule has 2 aliphatic heterocycles. The first-order valence-electron chi connectivity index (χ1n) is 6.37. The molecule has 0 bridgehead atoms. The van der Waals surface area contributed by atoms with E-state index in [0.29, 0.717) is 30.8 Å². The molecule has 2 heterocycles. The quantitative estimate of drug-likeness (QED) is 0.608. The second kappa shape index (κ2) is 4.84. The Labute approximate surface area is 115 Å². The van der Waals surface area contributed by atoms with Gasteiger partial charge in [-0.05, 0) is 17.7 Å². The zero-order valence-electron chi connectivity index (χ0n) is 10.7. The van der Waals surface area contributed by atoms with E-state index >= 15 is 0 Å². The number of hydrogen-bond acceptors (Lipinski definition) is 3. The van der Waals surface area contributed by atoms with Crippen molar-refractivity contribution in [3.05, 3.63) is 29.3 Å². The maximum atomic E-state index is 12.1. The van der Waals surface area contributed by atoms with Crippen molar-refractivity contribution < 1.29 is 14.4 Å². The molecule has 1 aromatic carbocycles. The van der Waals surface area contributed by atoms with Crippen molar-refractivity contribution in [1.29, 1.82) is 0 Å². The number of carbonyl (C=O) groups is 3. The molecular weight excluding hydrogens is 260 g/mol. The maximum absolute atomic E-state index is 12.1. The molecule has 4 N–H and O–H groups in total. The zero-order chi connectivity index (χ0) is 14.1. The summed E-state index contributed by atoms with van der Waals surface area (Å²) in [5.74, 6) is -0.304. The fourth-order valence-electron chi connectivity index (χ4n) is 2.31. The van der Waals surface area contributed by atoms with Crippen molar-refractivity contribution in [2.75, 3.05) is 11.9 Å². The third kappa shape index (κ3) is 2.42. The predicted molar refractivity (Wildman–Crippen MR) is 71.2 cm³/mol. The van der Waals surface area contributed by atoms with E-state index in [-0.39, 0.29) is 23.9 Å². The number of urea groups is 1. The van der Waals surface area contributed by atoms with Gasteiger partial charge in [-0.3, -0.25) is 9.59 Å². The Hall–Kier alpha value is -2.57. The molecule has 0 aromatic heterocycles. The van der Waals surface area contributed by atoms with Crippen LogP contribution >= 0.6 is 0 Å². The molecular formula is C13H14N4O3. The standard InChI is InChI=1S/C13H14N4O3/c18-11-4-9(6-14-11)16-12(19)7-1-2-8-5-15-13(20)17-10(8)3-7/h1-3,9H,4-6H2,(H,14,18)(H,16,19)(H2,15,17,20). The molecule has 1 atom stereocenters. The van der Waals surface area contributed by atoms with E-state index in [1.165, 1.54) is 0 Å². The summed E-state index contributed by atoms with van der Waals surface area (Å²) in [7, 11) is 0. The van der Waals surface area contributed by atoms with Gasteiger partial charge in [0.25, 0.3) is 5.91 Å². The number of nitrogens with one attached hydrogen (secondary N) is 4. The van der Waals surface area contributed by atoms with Gasteiger partial charge in [0.05, 0.1) is 6.04 Å². The van der Waals surface area contributed by atoms with E-state index < -0.39 is 0 Å². The topological polar surface area (TPSA) is 99.3 Å². The largest absolute Gasteiger partial charge is 0.354 e. The van der Waals surface area contributed by atoms with Gasteiger partial charge in [0.15, 0.2) is 0 Å². The molecule has 104 valence electrons. The molecule has 7 heteroatoms. The van der Waals surface area contributed by atoms with Crippen LogP contribution < -0.4 is 21.3 Å². The lowest BCUT2D eigenvalue weighted by Gasteiger charge is -2.19. The van der Waals surface area contributed by atoms with Crippen LogP contribution in [0.3, 0.4) is 0 Å². The summed E-state index contributed by atoms with van der Waals surface area (Å²) in [6, 6.07) is 4.70. The molecule has 20 heavy (non-hydrogen) atoms. The van der Waals surface area contributed by atoms with E-state index in [9.17, 15) is 14.4 Å². The van der Waals surface area contributed by atoms with Gasteiger partial charge in [-0.2, -0.15) is 0 Å². The van der Waals surface area contributed by atoms with Crippen LogP contribution in [0.15, 0.2) is 18.2 Å². The van der Waals surface area contributed by atoms with Crippen molar-refractivity contribution >= 4 is 23.5 Å². The van der Waals surface area contributed by atoms with Gasteiger partial charge in [0.1, 0.15) is 0 Å². The fraction of sp³-hybridized carbons (Fsp3) is 0.308. The first-order valence-corrected chi connectivity index (χ1v) is 6.37. The van der Waals surface area contributed by atoms with Gasteiger partial charge >= 0.3 is 6.03 Å². The average Bonchev–Trinajstić information content (AvgIpc) is 2.83. The highest BCUT2D eigenvalue weighted by Crippen LogP contribution is 2.20. The van der Waals surface area contributed by atoms with Gasteiger partial charge in [-0.25, -0.2) is 4.79 Å². The Kier molecular flexibility index (Phi) is 3.02. The van der Waals surface area contributed by atoms with E-state index in [1.54, 1.807) is 18.2 Å². The number of benzene rings is 1. The lowest BCUT2D eigenvalue weighted by molar-refractivity contribution is -0.119. The Balaban J connectivity index is 1.73. The van der Waals surface area contributed by atoms with Gasteiger partial charge < -0.3 is 21.3 Å². The van der Waals surface area contributed by atoms with Crippen molar-refractivity contribution in [3.63, 3.8) is 0 Å². The Morgan fingerprint density at radius 1 is 1.25 bits per heavy atom. The lowest BCUT2D eigenvalue weighted by atomic mass is 10.1. The number of amides is 4. The summed E-state index contributed by atoms with van der Waals surface area (Å²) in [4.78, 5) is 34.4. The second-order valence-corrected chi connectivity index (χ2v) is 4.86. The van der Waals surface area contributed by atoms with E-state index in [0.717, 1.165) is 5.56 Å². The Bertz CT molecular complexity index is 599. The first-order chi connectivity index (χ1) is 9.61. The Morgan fingerprint density at radius 2 is 2.10 bits per heavy atom. The van der Waals surface area contributed by atoms with Crippen LogP contribution in [0.25, 0.3) is 0 Å². The SMILES string of the molecule is O=C1CC(NC(=O)c2ccc3c(c2)NC(=O)NC3)CN1. The fourth-order valence-corrected chi connectivity index (χ4v) is 2.31. The molecule has 7 nitrogen and oxygen atoms in total. The summed E-state index contributed by atoms with van der Waals surface area (Å²) in [5.41, 5.74) is 2.03. The smallest absolute Gasteiger partial charge is 0.319 e. The number of rotatable bonds is 2. The molecule has 1 unspecified atom stereocenters.